The molecule has 180 valence electrons. The number of hydrogen-bond acceptors (Lipinski definition) is 5. The van der Waals surface area contributed by atoms with Gasteiger partial charge in [-0.15, -0.1) is 11.8 Å². The number of nitrogens with zero attached hydrogens (tertiary/aromatic N) is 1. The quantitative estimate of drug-likeness (QED) is 0.221. The molecule has 0 saturated carbocycles. The van der Waals surface area contributed by atoms with E-state index in [1.807, 2.05) is 48.5 Å². The van der Waals surface area contributed by atoms with Gasteiger partial charge in [-0.2, -0.15) is 5.10 Å². The van der Waals surface area contributed by atoms with Crippen molar-refractivity contribution in [3.8, 4) is 22.6 Å². The minimum absolute atomic E-state index is 0.139. The fourth-order valence-electron chi connectivity index (χ4n) is 4.28. The predicted molar refractivity (Wildman–Crippen MR) is 146 cm³/mol. The van der Waals surface area contributed by atoms with Gasteiger partial charge in [-0.1, -0.05) is 78.9 Å². The highest BCUT2D eigenvalue weighted by Crippen LogP contribution is 2.49. The Kier molecular flexibility index (Phi) is 7.33. The van der Waals surface area contributed by atoms with Crippen LogP contribution in [-0.2, 0) is 11.4 Å². The molecule has 6 heteroatoms. The van der Waals surface area contributed by atoms with Crippen molar-refractivity contribution in [2.45, 2.75) is 11.9 Å². The van der Waals surface area contributed by atoms with Crippen LogP contribution in [0.5, 0.6) is 11.5 Å². The van der Waals surface area contributed by atoms with Crippen molar-refractivity contribution in [3.05, 3.63) is 119 Å². The molecule has 0 unspecified atom stereocenters. The van der Waals surface area contributed by atoms with Gasteiger partial charge in [0.25, 0.3) is 0 Å². The first-order valence-electron chi connectivity index (χ1n) is 11.7. The first kappa shape index (κ1) is 23.7. The number of methoxy groups -OCH3 is 1. The Morgan fingerprint density at radius 3 is 2.25 bits per heavy atom. The third-order valence-corrected chi connectivity index (χ3v) is 7.26. The average Bonchev–Trinajstić information content (AvgIpc) is 3.25. The number of nitrogens with one attached hydrogen (secondary N) is 1. The smallest absolute Gasteiger partial charge is 0.250 e. The van der Waals surface area contributed by atoms with Crippen LogP contribution in [-0.4, -0.2) is 25.0 Å². The van der Waals surface area contributed by atoms with Crippen LogP contribution in [0.3, 0.4) is 0 Å². The summed E-state index contributed by atoms with van der Waals surface area (Å²) in [5, 5.41) is 4.28. The third-order valence-electron chi connectivity index (χ3n) is 5.99. The van der Waals surface area contributed by atoms with Crippen molar-refractivity contribution in [3.63, 3.8) is 0 Å². The van der Waals surface area contributed by atoms with Crippen molar-refractivity contribution < 1.29 is 14.3 Å². The summed E-state index contributed by atoms with van der Waals surface area (Å²) in [6.07, 6.45) is 1.60. The minimum Gasteiger partial charge on any atom is -0.493 e. The monoisotopic (exact) mass is 494 g/mol. The Hall–Kier alpha value is -4.03. The molecule has 1 aliphatic carbocycles. The molecule has 4 aromatic carbocycles. The second-order valence-corrected chi connectivity index (χ2v) is 9.44. The van der Waals surface area contributed by atoms with E-state index >= 15 is 0 Å². The van der Waals surface area contributed by atoms with Crippen LogP contribution < -0.4 is 14.9 Å². The summed E-state index contributed by atoms with van der Waals surface area (Å²) in [7, 11) is 1.60. The highest BCUT2D eigenvalue weighted by molar-refractivity contribution is 8.00. The average molecular weight is 495 g/mol. The molecule has 0 spiro atoms. The number of fused-ring (bicyclic) bond motifs is 3. The Morgan fingerprint density at radius 2 is 1.56 bits per heavy atom. The van der Waals surface area contributed by atoms with Crippen LogP contribution >= 0.6 is 11.8 Å². The lowest BCUT2D eigenvalue weighted by Gasteiger charge is -2.12. The van der Waals surface area contributed by atoms with Gasteiger partial charge in [0.2, 0.25) is 5.91 Å². The number of hydrazone groups is 1. The van der Waals surface area contributed by atoms with Gasteiger partial charge in [0.05, 0.1) is 24.3 Å². The van der Waals surface area contributed by atoms with E-state index in [4.69, 9.17) is 9.47 Å². The van der Waals surface area contributed by atoms with E-state index < -0.39 is 0 Å². The van der Waals surface area contributed by atoms with Gasteiger partial charge in [-0.25, -0.2) is 5.43 Å². The van der Waals surface area contributed by atoms with Gasteiger partial charge >= 0.3 is 0 Å². The molecule has 0 atom stereocenters. The van der Waals surface area contributed by atoms with E-state index in [1.54, 1.807) is 25.1 Å². The van der Waals surface area contributed by atoms with Crippen LogP contribution in [0.2, 0.25) is 0 Å². The largest absolute Gasteiger partial charge is 0.493 e. The Labute approximate surface area is 215 Å². The standard InChI is InChI=1S/C30H26N2O3S/c1-34-28-17-22(15-16-27(28)35-19-21-9-3-2-4-10-21)18-31-32-29(33)20-36-30-25-13-7-5-11-23(25)24-12-6-8-14-26(24)30/h2-18,30H,19-20H2,1H3,(H,32,33)/b31-18-. The maximum atomic E-state index is 12.5. The van der Waals surface area contributed by atoms with Crippen molar-refractivity contribution in [1.82, 2.24) is 5.43 Å². The molecule has 0 aliphatic heterocycles. The molecule has 0 aromatic heterocycles. The molecule has 1 amide bonds. The molecule has 1 N–H and O–H groups in total. The summed E-state index contributed by atoms with van der Waals surface area (Å²) in [6.45, 7) is 0.453. The SMILES string of the molecule is COc1cc(/C=N\NC(=O)CSC2c3ccccc3-c3ccccc32)ccc1OCc1ccccc1. The number of ether oxygens (including phenoxy) is 2. The zero-order valence-corrected chi connectivity index (χ0v) is 20.7. The lowest BCUT2D eigenvalue weighted by Crippen LogP contribution is -2.20. The summed E-state index contributed by atoms with van der Waals surface area (Å²) < 4.78 is 11.4. The zero-order chi connectivity index (χ0) is 24.7. The fourth-order valence-corrected chi connectivity index (χ4v) is 5.43. The fraction of sp³-hybridized carbons (Fsp3) is 0.133. The van der Waals surface area contributed by atoms with Crippen LogP contribution in [0.15, 0.2) is 102 Å². The highest BCUT2D eigenvalue weighted by atomic mass is 32.2. The van der Waals surface area contributed by atoms with Crippen molar-refractivity contribution in [1.29, 1.82) is 0 Å². The highest BCUT2D eigenvalue weighted by Gasteiger charge is 2.28. The molecular weight excluding hydrogens is 468 g/mol. The van der Waals surface area contributed by atoms with Crippen LogP contribution in [0.25, 0.3) is 11.1 Å². The molecule has 0 bridgehead atoms. The second kappa shape index (κ2) is 11.1. The van der Waals surface area contributed by atoms with E-state index in [9.17, 15) is 4.79 Å². The number of carbonyl (C=O) groups excluding carboxylic acids is 1. The van der Waals surface area contributed by atoms with Crippen LogP contribution in [0.1, 0.15) is 27.5 Å². The topological polar surface area (TPSA) is 59.9 Å². The van der Waals surface area contributed by atoms with Gasteiger partial charge in [-0.3, -0.25) is 4.79 Å². The van der Waals surface area contributed by atoms with Crippen molar-refractivity contribution in [2.24, 2.45) is 5.10 Å². The normalized spacial score (nSPS) is 12.2. The zero-order valence-electron chi connectivity index (χ0n) is 19.9. The molecular formula is C30H26N2O3S. The molecule has 0 saturated heterocycles. The van der Waals surface area contributed by atoms with Gasteiger partial charge in [0.1, 0.15) is 6.61 Å². The second-order valence-electron chi connectivity index (χ2n) is 8.34. The lowest BCUT2D eigenvalue weighted by atomic mass is 10.1. The number of benzene rings is 4. The number of thioether (sulfide) groups is 1. The molecule has 1 aliphatic rings. The predicted octanol–water partition coefficient (Wildman–Crippen LogP) is 6.23. The third kappa shape index (κ3) is 5.29. The number of amides is 1. The summed E-state index contributed by atoms with van der Waals surface area (Å²) >= 11 is 1.61. The van der Waals surface area contributed by atoms with E-state index in [1.165, 1.54) is 22.3 Å². The Morgan fingerprint density at radius 1 is 0.889 bits per heavy atom. The summed E-state index contributed by atoms with van der Waals surface area (Å²) in [5.74, 6) is 1.42. The Bertz CT molecular complexity index is 1340. The number of rotatable bonds is 9. The molecule has 0 fully saturated rings. The van der Waals surface area contributed by atoms with E-state index in [-0.39, 0.29) is 11.2 Å². The molecule has 0 heterocycles. The number of hydrogen-bond donors (Lipinski definition) is 1. The molecule has 4 aromatic rings. The van der Waals surface area contributed by atoms with E-state index in [2.05, 4.69) is 59.1 Å². The van der Waals surface area contributed by atoms with Gasteiger partial charge < -0.3 is 9.47 Å². The summed E-state index contributed by atoms with van der Waals surface area (Å²) in [5.41, 5.74) is 9.51. The minimum atomic E-state index is -0.145. The van der Waals surface area contributed by atoms with Gasteiger partial charge in [-0.05, 0) is 51.6 Å². The molecule has 5 rings (SSSR count). The summed E-state index contributed by atoms with van der Waals surface area (Å²) in [6, 6.07) is 32.3. The van der Waals surface area contributed by atoms with Crippen LogP contribution in [0.4, 0.5) is 0 Å². The van der Waals surface area contributed by atoms with E-state index in [0.717, 1.165) is 11.1 Å². The van der Waals surface area contributed by atoms with Crippen molar-refractivity contribution in [2.75, 3.05) is 12.9 Å². The first-order chi connectivity index (χ1) is 17.7. The number of carbonyl (C=O) groups is 1. The molecule has 36 heavy (non-hydrogen) atoms. The lowest BCUT2D eigenvalue weighted by molar-refractivity contribution is -0.118. The molecule has 0 radical (unpaired) electrons. The van der Waals surface area contributed by atoms with Crippen LogP contribution in [0, 0.1) is 0 Å². The molecule has 5 nitrogen and oxygen atoms in total. The maximum absolute atomic E-state index is 12.5. The van der Waals surface area contributed by atoms with E-state index in [0.29, 0.717) is 23.9 Å². The van der Waals surface area contributed by atoms with Gasteiger partial charge in [0.15, 0.2) is 11.5 Å². The first-order valence-corrected chi connectivity index (χ1v) is 12.7. The summed E-state index contributed by atoms with van der Waals surface area (Å²) in [4.78, 5) is 12.5. The Balaban J connectivity index is 1.17. The maximum Gasteiger partial charge on any atom is 0.250 e. The van der Waals surface area contributed by atoms with Gasteiger partial charge in [0, 0.05) is 0 Å². The van der Waals surface area contributed by atoms with Crippen molar-refractivity contribution >= 4 is 23.9 Å².